The lowest BCUT2D eigenvalue weighted by atomic mass is 10.1. The van der Waals surface area contributed by atoms with E-state index in [0.29, 0.717) is 5.56 Å². The van der Waals surface area contributed by atoms with Crippen molar-refractivity contribution in [2.24, 2.45) is 7.05 Å². The van der Waals surface area contributed by atoms with Gasteiger partial charge in [-0.25, -0.2) is 5.48 Å². The van der Waals surface area contributed by atoms with Crippen molar-refractivity contribution in [3.63, 3.8) is 0 Å². The molecule has 5 heteroatoms. The monoisotopic (exact) mass is 183 g/mol. The number of rotatable bonds is 3. The molecule has 0 spiro atoms. The molecule has 0 saturated heterocycles. The maximum atomic E-state index is 11.1. The minimum Gasteiger partial charge on any atom is -0.288 e. The van der Waals surface area contributed by atoms with Crippen LogP contribution in [0.5, 0.6) is 0 Å². The minimum atomic E-state index is -0.503. The van der Waals surface area contributed by atoms with E-state index in [1.165, 1.54) is 6.20 Å². The van der Waals surface area contributed by atoms with Crippen LogP contribution in [-0.2, 0) is 13.5 Å². The third-order valence-corrected chi connectivity index (χ3v) is 1.89. The van der Waals surface area contributed by atoms with E-state index >= 15 is 0 Å². The molecule has 0 aliphatic rings. The Bertz CT molecular complexity index is 306. The predicted molar refractivity (Wildman–Crippen MR) is 46.5 cm³/mol. The van der Waals surface area contributed by atoms with Gasteiger partial charge in [0.1, 0.15) is 0 Å². The van der Waals surface area contributed by atoms with Crippen molar-refractivity contribution < 1.29 is 10.0 Å². The van der Waals surface area contributed by atoms with Crippen molar-refractivity contribution in [3.8, 4) is 0 Å². The molecule has 0 saturated carbocycles. The van der Waals surface area contributed by atoms with Gasteiger partial charge in [-0.1, -0.05) is 13.3 Å². The molecule has 0 radical (unpaired) electrons. The molecule has 0 aliphatic heterocycles. The van der Waals surface area contributed by atoms with Gasteiger partial charge in [-0.2, -0.15) is 5.10 Å². The lowest BCUT2D eigenvalue weighted by Crippen LogP contribution is -2.20. The quantitative estimate of drug-likeness (QED) is 0.529. The third kappa shape index (κ3) is 1.86. The molecule has 1 amide bonds. The summed E-state index contributed by atoms with van der Waals surface area (Å²) in [5.41, 5.74) is 2.88. The highest BCUT2D eigenvalue weighted by atomic mass is 16.5. The Kier molecular flexibility index (Phi) is 3.02. The van der Waals surface area contributed by atoms with Crippen molar-refractivity contribution in [2.75, 3.05) is 0 Å². The van der Waals surface area contributed by atoms with Crippen molar-refractivity contribution in [2.45, 2.75) is 19.8 Å². The fraction of sp³-hybridized carbons (Fsp3) is 0.500. The summed E-state index contributed by atoms with van der Waals surface area (Å²) in [4.78, 5) is 11.1. The number of hydrogen-bond acceptors (Lipinski definition) is 3. The topological polar surface area (TPSA) is 67.2 Å². The highest BCUT2D eigenvalue weighted by molar-refractivity contribution is 5.94. The minimum absolute atomic E-state index is 0.437. The van der Waals surface area contributed by atoms with Gasteiger partial charge in [0.15, 0.2) is 0 Å². The zero-order valence-electron chi connectivity index (χ0n) is 7.74. The molecule has 0 atom stereocenters. The van der Waals surface area contributed by atoms with Crippen LogP contribution in [0.15, 0.2) is 6.20 Å². The number of nitrogens with one attached hydrogen (secondary N) is 1. The van der Waals surface area contributed by atoms with Crippen molar-refractivity contribution in [1.82, 2.24) is 15.3 Å². The smallest absolute Gasteiger partial charge is 0.278 e. The van der Waals surface area contributed by atoms with Gasteiger partial charge in [0, 0.05) is 7.05 Å². The second-order valence-corrected chi connectivity index (χ2v) is 2.82. The van der Waals surface area contributed by atoms with E-state index in [9.17, 15) is 4.79 Å². The second-order valence-electron chi connectivity index (χ2n) is 2.82. The summed E-state index contributed by atoms with van der Waals surface area (Å²) < 4.78 is 1.65. The summed E-state index contributed by atoms with van der Waals surface area (Å²) in [6, 6.07) is 0. The van der Waals surface area contributed by atoms with E-state index in [2.05, 4.69) is 5.10 Å². The summed E-state index contributed by atoms with van der Waals surface area (Å²) in [7, 11) is 1.78. The van der Waals surface area contributed by atoms with Crippen LogP contribution in [0, 0.1) is 0 Å². The van der Waals surface area contributed by atoms with Gasteiger partial charge < -0.3 is 0 Å². The lowest BCUT2D eigenvalue weighted by Gasteiger charge is -2.02. The molecule has 0 bridgehead atoms. The molecule has 72 valence electrons. The van der Waals surface area contributed by atoms with Crippen LogP contribution < -0.4 is 5.48 Å². The molecular formula is C8H13N3O2. The maximum Gasteiger partial charge on any atom is 0.278 e. The second kappa shape index (κ2) is 4.04. The number of amides is 1. The molecule has 1 rings (SSSR count). The molecule has 1 aromatic heterocycles. The molecule has 0 aliphatic carbocycles. The maximum absolute atomic E-state index is 11.1. The van der Waals surface area contributed by atoms with Crippen molar-refractivity contribution in [1.29, 1.82) is 0 Å². The molecule has 13 heavy (non-hydrogen) atoms. The van der Waals surface area contributed by atoms with Crippen LogP contribution in [0.4, 0.5) is 0 Å². The third-order valence-electron chi connectivity index (χ3n) is 1.89. The van der Waals surface area contributed by atoms with Gasteiger partial charge in [0.2, 0.25) is 0 Å². The predicted octanol–water partition coefficient (Wildman–Crippen LogP) is 0.492. The first-order valence-corrected chi connectivity index (χ1v) is 4.16. The van der Waals surface area contributed by atoms with Gasteiger partial charge in [0.05, 0.1) is 17.5 Å². The standard InChI is InChI=1S/C8H13N3O2/c1-3-4-7-6(8(12)10-13)5-9-11(7)2/h5,13H,3-4H2,1-2H3,(H,10,12). The molecule has 1 heterocycles. The lowest BCUT2D eigenvalue weighted by molar-refractivity contribution is 0.0705. The summed E-state index contributed by atoms with van der Waals surface area (Å²) in [5, 5.41) is 12.4. The van der Waals surface area contributed by atoms with Gasteiger partial charge in [-0.3, -0.25) is 14.7 Å². The Labute approximate surface area is 76.3 Å². The molecular weight excluding hydrogens is 170 g/mol. The van der Waals surface area contributed by atoms with Crippen molar-refractivity contribution >= 4 is 5.91 Å². The number of aromatic nitrogens is 2. The first-order valence-electron chi connectivity index (χ1n) is 4.16. The molecule has 0 aromatic carbocycles. The van der Waals surface area contributed by atoms with Gasteiger partial charge >= 0.3 is 0 Å². The van der Waals surface area contributed by atoms with Crippen LogP contribution in [0.3, 0.4) is 0 Å². The van der Waals surface area contributed by atoms with E-state index in [1.54, 1.807) is 17.2 Å². The summed E-state index contributed by atoms with van der Waals surface area (Å²) in [6.07, 6.45) is 3.17. The summed E-state index contributed by atoms with van der Waals surface area (Å²) >= 11 is 0. The van der Waals surface area contributed by atoms with Crippen LogP contribution in [0.1, 0.15) is 29.4 Å². The van der Waals surface area contributed by atoms with Crippen LogP contribution >= 0.6 is 0 Å². The van der Waals surface area contributed by atoms with Crippen LogP contribution in [0.25, 0.3) is 0 Å². The Hall–Kier alpha value is -1.36. The number of nitrogens with zero attached hydrogens (tertiary/aromatic N) is 2. The highest BCUT2D eigenvalue weighted by Gasteiger charge is 2.13. The first kappa shape index (κ1) is 9.73. The normalized spacial score (nSPS) is 10.1. The number of carbonyl (C=O) groups excluding carboxylic acids is 1. The Balaban J connectivity index is 2.99. The molecule has 0 fully saturated rings. The number of hydroxylamine groups is 1. The molecule has 2 N–H and O–H groups in total. The van der Waals surface area contributed by atoms with E-state index in [0.717, 1.165) is 18.5 Å². The average Bonchev–Trinajstić information content (AvgIpc) is 2.48. The summed E-state index contributed by atoms with van der Waals surface area (Å²) in [6.45, 7) is 2.02. The van der Waals surface area contributed by atoms with E-state index in [-0.39, 0.29) is 0 Å². The Morgan fingerprint density at radius 1 is 1.77 bits per heavy atom. The summed E-state index contributed by atoms with van der Waals surface area (Å²) in [5.74, 6) is -0.503. The van der Waals surface area contributed by atoms with Crippen LogP contribution in [0.2, 0.25) is 0 Å². The van der Waals surface area contributed by atoms with E-state index < -0.39 is 5.91 Å². The Morgan fingerprint density at radius 3 is 3.00 bits per heavy atom. The number of aryl methyl sites for hydroxylation is 1. The van der Waals surface area contributed by atoms with Gasteiger partial charge in [-0.15, -0.1) is 0 Å². The SMILES string of the molecule is CCCc1c(C(=O)NO)cnn1C. The van der Waals surface area contributed by atoms with Crippen LogP contribution in [-0.4, -0.2) is 20.9 Å². The van der Waals surface area contributed by atoms with E-state index in [1.807, 2.05) is 6.92 Å². The largest absolute Gasteiger partial charge is 0.288 e. The first-order chi connectivity index (χ1) is 6.20. The van der Waals surface area contributed by atoms with Crippen molar-refractivity contribution in [3.05, 3.63) is 17.5 Å². The van der Waals surface area contributed by atoms with Gasteiger partial charge in [-0.05, 0) is 6.42 Å². The molecule has 0 unspecified atom stereocenters. The zero-order chi connectivity index (χ0) is 9.84. The number of carbonyl (C=O) groups is 1. The fourth-order valence-corrected chi connectivity index (χ4v) is 1.25. The zero-order valence-corrected chi connectivity index (χ0v) is 7.74. The molecule has 1 aromatic rings. The molecule has 5 nitrogen and oxygen atoms in total. The highest BCUT2D eigenvalue weighted by Crippen LogP contribution is 2.09. The van der Waals surface area contributed by atoms with E-state index in [4.69, 9.17) is 5.21 Å². The van der Waals surface area contributed by atoms with Gasteiger partial charge in [0.25, 0.3) is 5.91 Å². The number of hydrogen-bond donors (Lipinski definition) is 2. The Morgan fingerprint density at radius 2 is 2.46 bits per heavy atom. The average molecular weight is 183 g/mol. The fourth-order valence-electron chi connectivity index (χ4n) is 1.25.